The molecule has 0 saturated carbocycles. The van der Waals surface area contributed by atoms with E-state index < -0.39 is 11.8 Å². The molecule has 1 aliphatic rings. The molecule has 8 heteroatoms. The summed E-state index contributed by atoms with van der Waals surface area (Å²) in [5, 5.41) is 7.33. The van der Waals surface area contributed by atoms with E-state index in [1.807, 2.05) is 12.3 Å². The smallest absolute Gasteiger partial charge is 0.315 e. The first-order valence-electron chi connectivity index (χ1n) is 6.46. The van der Waals surface area contributed by atoms with Gasteiger partial charge in [0.25, 0.3) is 0 Å². The lowest BCUT2D eigenvalue weighted by molar-refractivity contribution is -0.136. The van der Waals surface area contributed by atoms with E-state index in [2.05, 4.69) is 20.5 Å². The Hall–Kier alpha value is -1.51. The normalized spacial score (nSPS) is 15.8. The molecule has 0 spiro atoms. The molecular formula is C12H18N4O3S. The summed E-state index contributed by atoms with van der Waals surface area (Å²) in [5.74, 6) is -1.31. The fraction of sp³-hybridized carbons (Fsp3) is 0.583. The van der Waals surface area contributed by atoms with Crippen molar-refractivity contribution < 1.29 is 14.3 Å². The first-order chi connectivity index (χ1) is 9.65. The van der Waals surface area contributed by atoms with Crippen molar-refractivity contribution in [3.8, 4) is 0 Å². The summed E-state index contributed by atoms with van der Waals surface area (Å²) in [6.07, 6.45) is 0. The minimum atomic E-state index is -0.679. The Morgan fingerprint density at radius 2 is 2.15 bits per heavy atom. The number of thiazole rings is 1. The minimum Gasteiger partial charge on any atom is -0.379 e. The fourth-order valence-electron chi connectivity index (χ4n) is 1.80. The van der Waals surface area contributed by atoms with Gasteiger partial charge in [-0.3, -0.25) is 19.8 Å². The van der Waals surface area contributed by atoms with E-state index >= 15 is 0 Å². The minimum absolute atomic E-state index is 0.441. The molecule has 0 aliphatic carbocycles. The third-order valence-electron chi connectivity index (χ3n) is 2.86. The SMILES string of the molecule is Cc1csc(NC(=O)C(=O)NCCN2CCOCC2)n1. The molecule has 1 aliphatic heterocycles. The Bertz CT molecular complexity index is 471. The molecule has 2 rings (SSSR count). The van der Waals surface area contributed by atoms with Gasteiger partial charge in [-0.2, -0.15) is 0 Å². The number of ether oxygens (including phenoxy) is 1. The number of amides is 2. The number of aromatic nitrogens is 1. The van der Waals surface area contributed by atoms with E-state index in [1.54, 1.807) is 0 Å². The topological polar surface area (TPSA) is 83.6 Å². The lowest BCUT2D eigenvalue weighted by Crippen LogP contribution is -2.43. The predicted octanol–water partition coefficient (Wildman–Crippen LogP) is -0.162. The Labute approximate surface area is 121 Å². The molecule has 0 atom stereocenters. The first-order valence-corrected chi connectivity index (χ1v) is 7.34. The van der Waals surface area contributed by atoms with E-state index in [-0.39, 0.29) is 0 Å². The van der Waals surface area contributed by atoms with Crippen molar-refractivity contribution in [2.24, 2.45) is 0 Å². The summed E-state index contributed by atoms with van der Waals surface area (Å²) >= 11 is 1.30. The van der Waals surface area contributed by atoms with Crippen LogP contribution in [0.3, 0.4) is 0 Å². The number of aryl methyl sites for hydroxylation is 1. The van der Waals surface area contributed by atoms with E-state index in [1.165, 1.54) is 11.3 Å². The monoisotopic (exact) mass is 298 g/mol. The van der Waals surface area contributed by atoms with Crippen molar-refractivity contribution in [3.05, 3.63) is 11.1 Å². The molecule has 7 nitrogen and oxygen atoms in total. The summed E-state index contributed by atoms with van der Waals surface area (Å²) in [4.78, 5) is 29.5. The van der Waals surface area contributed by atoms with Crippen molar-refractivity contribution in [1.29, 1.82) is 0 Å². The number of carbonyl (C=O) groups excluding carboxylic acids is 2. The highest BCUT2D eigenvalue weighted by molar-refractivity contribution is 7.14. The van der Waals surface area contributed by atoms with Crippen LogP contribution in [-0.4, -0.2) is 61.1 Å². The van der Waals surface area contributed by atoms with Gasteiger partial charge in [0.2, 0.25) is 0 Å². The zero-order valence-corrected chi connectivity index (χ0v) is 12.2. The van der Waals surface area contributed by atoms with E-state index in [0.717, 1.165) is 38.5 Å². The lowest BCUT2D eigenvalue weighted by atomic mass is 10.4. The number of carbonyl (C=O) groups is 2. The third-order valence-corrected chi connectivity index (χ3v) is 3.74. The molecule has 20 heavy (non-hydrogen) atoms. The Balaban J connectivity index is 1.67. The molecule has 1 fully saturated rings. The maximum absolute atomic E-state index is 11.6. The van der Waals surface area contributed by atoms with Gasteiger partial charge in [-0.25, -0.2) is 4.98 Å². The number of hydrogen-bond donors (Lipinski definition) is 2. The van der Waals surface area contributed by atoms with Crippen molar-refractivity contribution in [2.75, 3.05) is 44.7 Å². The van der Waals surface area contributed by atoms with Crippen LogP contribution < -0.4 is 10.6 Å². The van der Waals surface area contributed by atoms with E-state index in [0.29, 0.717) is 11.7 Å². The Morgan fingerprint density at radius 3 is 2.80 bits per heavy atom. The highest BCUT2D eigenvalue weighted by Gasteiger charge is 2.15. The zero-order chi connectivity index (χ0) is 14.4. The van der Waals surface area contributed by atoms with Crippen molar-refractivity contribution in [1.82, 2.24) is 15.2 Å². The van der Waals surface area contributed by atoms with Gasteiger partial charge in [-0.1, -0.05) is 0 Å². The van der Waals surface area contributed by atoms with Crippen LogP contribution in [0.1, 0.15) is 5.69 Å². The highest BCUT2D eigenvalue weighted by atomic mass is 32.1. The molecule has 0 bridgehead atoms. The predicted molar refractivity (Wildman–Crippen MR) is 75.7 cm³/mol. The third kappa shape index (κ3) is 4.55. The van der Waals surface area contributed by atoms with Gasteiger partial charge in [-0.15, -0.1) is 11.3 Å². The summed E-state index contributed by atoms with van der Waals surface area (Å²) < 4.78 is 5.23. The zero-order valence-electron chi connectivity index (χ0n) is 11.3. The number of hydrogen-bond acceptors (Lipinski definition) is 6. The van der Waals surface area contributed by atoms with Crippen LogP contribution in [0.25, 0.3) is 0 Å². The van der Waals surface area contributed by atoms with Gasteiger partial charge in [-0.05, 0) is 6.92 Å². The second-order valence-corrected chi connectivity index (χ2v) is 5.32. The molecule has 0 unspecified atom stereocenters. The molecule has 2 heterocycles. The molecule has 0 aromatic carbocycles. The maximum Gasteiger partial charge on any atom is 0.315 e. The average molecular weight is 298 g/mol. The molecule has 2 N–H and O–H groups in total. The van der Waals surface area contributed by atoms with Crippen LogP contribution in [0.15, 0.2) is 5.38 Å². The Kier molecular flexibility index (Phi) is 5.45. The molecule has 1 aromatic rings. The van der Waals surface area contributed by atoms with Crippen LogP contribution in [0, 0.1) is 6.92 Å². The molecule has 110 valence electrons. The summed E-state index contributed by atoms with van der Waals surface area (Å²) in [7, 11) is 0. The fourth-order valence-corrected chi connectivity index (χ4v) is 2.48. The second-order valence-electron chi connectivity index (χ2n) is 4.46. The van der Waals surface area contributed by atoms with Crippen LogP contribution in [0.2, 0.25) is 0 Å². The van der Waals surface area contributed by atoms with Crippen LogP contribution in [0.5, 0.6) is 0 Å². The van der Waals surface area contributed by atoms with Crippen LogP contribution in [0.4, 0.5) is 5.13 Å². The van der Waals surface area contributed by atoms with Gasteiger partial charge in [0.15, 0.2) is 5.13 Å². The van der Waals surface area contributed by atoms with Crippen molar-refractivity contribution >= 4 is 28.3 Å². The van der Waals surface area contributed by atoms with Gasteiger partial charge in [0.1, 0.15) is 0 Å². The number of rotatable bonds is 4. The van der Waals surface area contributed by atoms with E-state index in [4.69, 9.17) is 4.74 Å². The molecular weight excluding hydrogens is 280 g/mol. The van der Waals surface area contributed by atoms with E-state index in [9.17, 15) is 9.59 Å². The highest BCUT2D eigenvalue weighted by Crippen LogP contribution is 2.13. The van der Waals surface area contributed by atoms with Crippen LogP contribution >= 0.6 is 11.3 Å². The van der Waals surface area contributed by atoms with Gasteiger partial charge in [0.05, 0.1) is 18.9 Å². The average Bonchev–Trinajstić information content (AvgIpc) is 2.85. The molecule has 1 aromatic heterocycles. The second kappa shape index (κ2) is 7.32. The number of nitrogens with zero attached hydrogens (tertiary/aromatic N) is 2. The van der Waals surface area contributed by atoms with Crippen LogP contribution in [-0.2, 0) is 14.3 Å². The lowest BCUT2D eigenvalue weighted by Gasteiger charge is -2.26. The maximum atomic E-state index is 11.6. The van der Waals surface area contributed by atoms with Crippen molar-refractivity contribution in [3.63, 3.8) is 0 Å². The standard InChI is InChI=1S/C12H18N4O3S/c1-9-8-20-12(14-9)15-11(18)10(17)13-2-3-16-4-6-19-7-5-16/h8H,2-7H2,1H3,(H,13,17)(H,14,15,18). The number of morpholine rings is 1. The summed E-state index contributed by atoms with van der Waals surface area (Å²) in [5.41, 5.74) is 0.818. The largest absolute Gasteiger partial charge is 0.379 e. The van der Waals surface area contributed by atoms with Crippen molar-refractivity contribution in [2.45, 2.75) is 6.92 Å². The molecule has 0 radical (unpaired) electrons. The van der Waals surface area contributed by atoms with Gasteiger partial charge in [0, 0.05) is 31.6 Å². The Morgan fingerprint density at radius 1 is 1.40 bits per heavy atom. The number of anilines is 1. The quantitative estimate of drug-likeness (QED) is 0.755. The molecule has 2 amide bonds. The first kappa shape index (κ1) is 14.9. The number of nitrogens with one attached hydrogen (secondary N) is 2. The molecule has 1 saturated heterocycles. The van der Waals surface area contributed by atoms with Gasteiger partial charge >= 0.3 is 11.8 Å². The summed E-state index contributed by atoms with van der Waals surface area (Å²) in [6, 6.07) is 0. The summed E-state index contributed by atoms with van der Waals surface area (Å²) in [6.45, 7) is 6.16. The van der Waals surface area contributed by atoms with Gasteiger partial charge < -0.3 is 10.1 Å².